The number of sulfonamides is 1. The molecule has 6 heteroatoms. The Balaban J connectivity index is 1.73. The topological polar surface area (TPSA) is 75.3 Å². The smallest absolute Gasteiger partial charge is 0.255 e. The fraction of sp³-hybridized carbons (Fsp3) is 0.350. The van der Waals surface area contributed by atoms with Gasteiger partial charge in [0.15, 0.2) is 0 Å². The lowest BCUT2D eigenvalue weighted by Crippen LogP contribution is -2.22. The molecule has 5 nitrogen and oxygen atoms in total. The van der Waals surface area contributed by atoms with Crippen LogP contribution in [0.3, 0.4) is 0 Å². The summed E-state index contributed by atoms with van der Waals surface area (Å²) in [6.07, 6.45) is 4.38. The van der Waals surface area contributed by atoms with Gasteiger partial charge in [0.05, 0.1) is 5.25 Å². The molecule has 1 aliphatic carbocycles. The number of fused-ring (bicyclic) bond motifs is 1. The van der Waals surface area contributed by atoms with Crippen LogP contribution in [0.2, 0.25) is 0 Å². The lowest BCUT2D eigenvalue weighted by Gasteiger charge is -2.19. The second kappa shape index (κ2) is 7.50. The molecule has 2 N–H and O–H groups in total. The van der Waals surface area contributed by atoms with E-state index in [0.29, 0.717) is 11.3 Å². The molecule has 0 bridgehead atoms. The highest BCUT2D eigenvalue weighted by atomic mass is 32.2. The van der Waals surface area contributed by atoms with Gasteiger partial charge >= 0.3 is 0 Å². The fourth-order valence-corrected chi connectivity index (χ4v) is 3.76. The maximum Gasteiger partial charge on any atom is 0.255 e. The number of carbonyl (C=O) groups is 1. The Bertz CT molecular complexity index is 903. The Morgan fingerprint density at radius 3 is 2.38 bits per heavy atom. The van der Waals surface area contributed by atoms with E-state index in [-0.39, 0.29) is 5.91 Å². The molecule has 26 heavy (non-hydrogen) atoms. The number of carbonyl (C=O) groups excluding carboxylic acids is 1. The standard InChI is InChI=1S/C20H24N2O3S/c1-14(2)26(24,25)22-17-12-10-16(11-13-17)20(23)21-19-9-5-7-15-6-3-4-8-18(15)19/h5,7,9-14,22H,3-4,6,8H2,1-2H3,(H,21,23). The van der Waals surface area contributed by atoms with Crippen LogP contribution in [0.5, 0.6) is 0 Å². The van der Waals surface area contributed by atoms with Crippen LogP contribution in [-0.2, 0) is 22.9 Å². The van der Waals surface area contributed by atoms with Gasteiger partial charge in [0.25, 0.3) is 5.91 Å². The second-order valence-electron chi connectivity index (χ2n) is 6.88. The van der Waals surface area contributed by atoms with Crippen LogP contribution in [0.25, 0.3) is 0 Å². The third kappa shape index (κ3) is 4.07. The molecule has 0 saturated carbocycles. The minimum Gasteiger partial charge on any atom is -0.322 e. The van der Waals surface area contributed by atoms with Crippen molar-refractivity contribution in [3.63, 3.8) is 0 Å². The van der Waals surface area contributed by atoms with E-state index in [0.717, 1.165) is 24.9 Å². The summed E-state index contributed by atoms with van der Waals surface area (Å²) >= 11 is 0. The summed E-state index contributed by atoms with van der Waals surface area (Å²) in [5.41, 5.74) is 4.36. The van der Waals surface area contributed by atoms with Gasteiger partial charge in [-0.3, -0.25) is 9.52 Å². The molecule has 0 fully saturated rings. The maximum atomic E-state index is 12.6. The predicted octanol–water partition coefficient (Wildman–Crippen LogP) is 3.97. The molecule has 2 aromatic rings. The van der Waals surface area contributed by atoms with E-state index in [2.05, 4.69) is 16.1 Å². The van der Waals surface area contributed by atoms with E-state index in [9.17, 15) is 13.2 Å². The zero-order chi connectivity index (χ0) is 18.7. The van der Waals surface area contributed by atoms with Gasteiger partial charge in [-0.05, 0) is 81.0 Å². The van der Waals surface area contributed by atoms with Gasteiger partial charge in [-0.25, -0.2) is 8.42 Å². The van der Waals surface area contributed by atoms with Crippen molar-refractivity contribution in [2.75, 3.05) is 10.0 Å². The summed E-state index contributed by atoms with van der Waals surface area (Å²) < 4.78 is 26.3. The summed E-state index contributed by atoms with van der Waals surface area (Å²) in [5.74, 6) is -0.192. The number of anilines is 2. The molecule has 0 heterocycles. The Morgan fingerprint density at radius 2 is 1.69 bits per heavy atom. The van der Waals surface area contributed by atoms with Crippen molar-refractivity contribution in [3.8, 4) is 0 Å². The lowest BCUT2D eigenvalue weighted by molar-refractivity contribution is 0.102. The molecule has 0 aliphatic heterocycles. The molecule has 138 valence electrons. The number of rotatable bonds is 5. The van der Waals surface area contributed by atoms with Crippen molar-refractivity contribution in [2.24, 2.45) is 0 Å². The van der Waals surface area contributed by atoms with Crippen LogP contribution in [0.1, 0.15) is 48.2 Å². The maximum absolute atomic E-state index is 12.6. The molecule has 0 spiro atoms. The van der Waals surface area contributed by atoms with E-state index in [1.807, 2.05) is 12.1 Å². The van der Waals surface area contributed by atoms with Gasteiger partial charge in [-0.2, -0.15) is 0 Å². The summed E-state index contributed by atoms with van der Waals surface area (Å²) in [7, 11) is -3.39. The summed E-state index contributed by atoms with van der Waals surface area (Å²) in [6.45, 7) is 3.23. The van der Waals surface area contributed by atoms with E-state index in [1.165, 1.54) is 17.5 Å². The van der Waals surface area contributed by atoms with Gasteiger partial charge in [0.1, 0.15) is 0 Å². The van der Waals surface area contributed by atoms with Gasteiger partial charge < -0.3 is 5.32 Å². The van der Waals surface area contributed by atoms with Crippen LogP contribution in [0.4, 0.5) is 11.4 Å². The highest BCUT2D eigenvalue weighted by molar-refractivity contribution is 7.93. The van der Waals surface area contributed by atoms with E-state index in [1.54, 1.807) is 38.1 Å². The monoisotopic (exact) mass is 372 g/mol. The summed E-state index contributed by atoms with van der Waals surface area (Å²) in [4.78, 5) is 12.6. The first kappa shape index (κ1) is 18.5. The molecule has 1 aliphatic rings. The Morgan fingerprint density at radius 1 is 1.00 bits per heavy atom. The van der Waals surface area contributed by atoms with Crippen molar-refractivity contribution in [1.82, 2.24) is 0 Å². The predicted molar refractivity (Wildman–Crippen MR) is 105 cm³/mol. The minimum absolute atomic E-state index is 0.192. The normalized spacial score (nSPS) is 14.0. The van der Waals surface area contributed by atoms with Gasteiger partial charge in [0.2, 0.25) is 10.0 Å². The second-order valence-corrected chi connectivity index (χ2v) is 9.11. The molecule has 0 saturated heterocycles. The quantitative estimate of drug-likeness (QED) is 0.834. The average molecular weight is 372 g/mol. The van der Waals surface area contributed by atoms with Crippen molar-refractivity contribution in [3.05, 3.63) is 59.2 Å². The van der Waals surface area contributed by atoms with Gasteiger partial charge in [-0.1, -0.05) is 12.1 Å². The number of benzene rings is 2. The highest BCUT2D eigenvalue weighted by Gasteiger charge is 2.17. The highest BCUT2D eigenvalue weighted by Crippen LogP contribution is 2.28. The van der Waals surface area contributed by atoms with Crippen molar-refractivity contribution in [2.45, 2.75) is 44.8 Å². The molecule has 1 amide bonds. The van der Waals surface area contributed by atoms with Crippen molar-refractivity contribution >= 4 is 27.3 Å². The van der Waals surface area contributed by atoms with Crippen LogP contribution in [-0.4, -0.2) is 19.6 Å². The summed E-state index contributed by atoms with van der Waals surface area (Å²) in [6, 6.07) is 12.5. The molecule has 0 atom stereocenters. The van der Waals surface area contributed by atoms with Gasteiger partial charge in [0, 0.05) is 16.9 Å². The molecule has 0 unspecified atom stereocenters. The molecule has 3 rings (SSSR count). The Kier molecular flexibility index (Phi) is 5.32. The lowest BCUT2D eigenvalue weighted by atomic mass is 9.90. The number of hydrogen-bond acceptors (Lipinski definition) is 3. The van der Waals surface area contributed by atoms with E-state index >= 15 is 0 Å². The number of aryl methyl sites for hydroxylation is 1. The third-order valence-corrected chi connectivity index (χ3v) is 6.43. The van der Waals surface area contributed by atoms with Crippen LogP contribution < -0.4 is 10.0 Å². The first-order valence-electron chi connectivity index (χ1n) is 8.90. The first-order chi connectivity index (χ1) is 12.4. The summed E-state index contributed by atoms with van der Waals surface area (Å²) in [5, 5.41) is 2.48. The number of nitrogens with one attached hydrogen (secondary N) is 2. The molecule has 0 radical (unpaired) electrons. The van der Waals surface area contributed by atoms with Crippen molar-refractivity contribution in [1.29, 1.82) is 0 Å². The van der Waals surface area contributed by atoms with Crippen LogP contribution >= 0.6 is 0 Å². The van der Waals surface area contributed by atoms with E-state index in [4.69, 9.17) is 0 Å². The van der Waals surface area contributed by atoms with Crippen molar-refractivity contribution < 1.29 is 13.2 Å². The largest absolute Gasteiger partial charge is 0.322 e. The van der Waals surface area contributed by atoms with Crippen LogP contribution in [0.15, 0.2) is 42.5 Å². The number of amides is 1. The average Bonchev–Trinajstić information content (AvgIpc) is 2.62. The SMILES string of the molecule is CC(C)S(=O)(=O)Nc1ccc(C(=O)Nc2cccc3c2CCCC3)cc1. The van der Waals surface area contributed by atoms with E-state index < -0.39 is 15.3 Å². The Hall–Kier alpha value is -2.34. The molecular weight excluding hydrogens is 348 g/mol. The minimum atomic E-state index is -3.39. The molecule has 0 aromatic heterocycles. The Labute approximate surface area is 154 Å². The third-order valence-electron chi connectivity index (χ3n) is 4.67. The zero-order valence-corrected chi connectivity index (χ0v) is 15.9. The zero-order valence-electron chi connectivity index (χ0n) is 15.1. The number of hydrogen-bond donors (Lipinski definition) is 2. The van der Waals surface area contributed by atoms with Gasteiger partial charge in [-0.15, -0.1) is 0 Å². The van der Waals surface area contributed by atoms with Crippen LogP contribution in [0, 0.1) is 0 Å². The molecular formula is C20H24N2O3S. The fourth-order valence-electron chi connectivity index (χ4n) is 3.06. The molecule has 2 aromatic carbocycles. The first-order valence-corrected chi connectivity index (χ1v) is 10.5.